The average Bonchev–Trinajstić information content (AvgIpc) is 3.13. The number of hydrogen-bond acceptors (Lipinski definition) is 5. The lowest BCUT2D eigenvalue weighted by Crippen LogP contribution is -2.48. The first-order valence-electron chi connectivity index (χ1n) is 8.81. The zero-order valence-corrected chi connectivity index (χ0v) is 16.8. The van der Waals surface area contributed by atoms with Crippen molar-refractivity contribution in [3.8, 4) is 5.75 Å². The molecule has 3 aromatic rings. The van der Waals surface area contributed by atoms with Crippen LogP contribution in [0, 0.1) is 6.92 Å². The molecule has 1 fully saturated rings. The van der Waals surface area contributed by atoms with Crippen LogP contribution in [0.2, 0.25) is 5.02 Å². The third kappa shape index (κ3) is 3.47. The van der Waals surface area contributed by atoms with Crippen molar-refractivity contribution >= 4 is 44.2 Å². The Morgan fingerprint density at radius 2 is 1.96 bits per heavy atom. The number of carbonyl (C=O) groups excluding carboxylic acids is 1. The molecule has 0 N–H and O–H groups in total. The Kier molecular flexibility index (Phi) is 4.93. The van der Waals surface area contributed by atoms with Gasteiger partial charge in [-0.1, -0.05) is 35.1 Å². The number of piperazine rings is 1. The summed E-state index contributed by atoms with van der Waals surface area (Å²) in [6, 6.07) is 11.4. The molecular weight excluding hydrogens is 382 g/mol. The zero-order valence-electron chi connectivity index (χ0n) is 15.2. The van der Waals surface area contributed by atoms with Gasteiger partial charge in [-0.05, 0) is 36.8 Å². The van der Waals surface area contributed by atoms with E-state index < -0.39 is 0 Å². The summed E-state index contributed by atoms with van der Waals surface area (Å²) in [5.74, 6) is 0.502. The quantitative estimate of drug-likeness (QED) is 0.658. The monoisotopic (exact) mass is 401 g/mol. The maximum atomic E-state index is 12.9. The number of amides is 1. The number of hydrogen-bond donors (Lipinski definition) is 0. The second-order valence-electron chi connectivity index (χ2n) is 6.54. The molecule has 5 nitrogen and oxygen atoms in total. The van der Waals surface area contributed by atoms with Gasteiger partial charge in [-0.25, -0.2) is 4.98 Å². The van der Waals surface area contributed by atoms with E-state index in [1.165, 1.54) is 10.3 Å². The van der Waals surface area contributed by atoms with Crippen LogP contribution in [0.25, 0.3) is 10.2 Å². The number of halogens is 1. The van der Waals surface area contributed by atoms with Gasteiger partial charge in [0.1, 0.15) is 5.75 Å². The lowest BCUT2D eigenvalue weighted by molar-refractivity contribution is 0.0743. The number of thiazole rings is 1. The maximum Gasteiger partial charge on any atom is 0.257 e. The van der Waals surface area contributed by atoms with Gasteiger partial charge in [-0.15, -0.1) is 0 Å². The van der Waals surface area contributed by atoms with Crippen molar-refractivity contribution in [3.05, 3.63) is 52.5 Å². The fourth-order valence-corrected chi connectivity index (χ4v) is 4.60. The number of para-hydroxylation sites is 1. The smallest absolute Gasteiger partial charge is 0.257 e. The topological polar surface area (TPSA) is 45.7 Å². The van der Waals surface area contributed by atoms with E-state index in [9.17, 15) is 4.79 Å². The minimum atomic E-state index is -0.0471. The number of aryl methyl sites for hydroxylation is 1. The number of fused-ring (bicyclic) bond motifs is 1. The summed E-state index contributed by atoms with van der Waals surface area (Å²) in [5.41, 5.74) is 2.77. The van der Waals surface area contributed by atoms with Gasteiger partial charge in [-0.2, -0.15) is 0 Å². The molecule has 1 aliphatic heterocycles. The predicted octanol–water partition coefficient (Wildman–Crippen LogP) is 4.23. The minimum Gasteiger partial charge on any atom is -0.496 e. The third-order valence-electron chi connectivity index (χ3n) is 4.84. The summed E-state index contributed by atoms with van der Waals surface area (Å²) in [4.78, 5) is 21.8. The number of rotatable bonds is 3. The van der Waals surface area contributed by atoms with E-state index in [0.29, 0.717) is 29.4 Å². The van der Waals surface area contributed by atoms with E-state index >= 15 is 0 Å². The van der Waals surface area contributed by atoms with Crippen molar-refractivity contribution in [3.63, 3.8) is 0 Å². The normalized spacial score (nSPS) is 14.6. The molecule has 27 heavy (non-hydrogen) atoms. The van der Waals surface area contributed by atoms with Crippen molar-refractivity contribution in [1.82, 2.24) is 9.88 Å². The van der Waals surface area contributed by atoms with Crippen LogP contribution in [0.4, 0.5) is 5.13 Å². The van der Waals surface area contributed by atoms with Gasteiger partial charge in [-0.3, -0.25) is 4.79 Å². The van der Waals surface area contributed by atoms with Gasteiger partial charge < -0.3 is 14.5 Å². The second-order valence-corrected chi connectivity index (χ2v) is 7.99. The lowest BCUT2D eigenvalue weighted by Gasteiger charge is -2.34. The Morgan fingerprint density at radius 1 is 1.19 bits per heavy atom. The number of ether oxygens (including phenoxy) is 1. The minimum absolute atomic E-state index is 0.0471. The summed E-state index contributed by atoms with van der Waals surface area (Å²) in [7, 11) is 1.56. The van der Waals surface area contributed by atoms with Crippen LogP contribution in [0.15, 0.2) is 36.4 Å². The number of anilines is 1. The molecule has 0 aliphatic carbocycles. The molecule has 1 aliphatic rings. The SMILES string of the molecule is COc1ccc(Cl)cc1C(=O)N1CCN(c2nc3c(C)cccc3s2)CC1. The standard InChI is InChI=1S/C20H20ClN3O2S/c1-13-4-3-5-17-18(13)22-20(27-17)24-10-8-23(9-11-24)19(25)15-12-14(21)6-7-16(15)26-2/h3-7,12H,8-11H2,1-2H3. The molecule has 0 atom stereocenters. The molecule has 0 saturated carbocycles. The van der Waals surface area contributed by atoms with E-state index in [2.05, 4.69) is 30.0 Å². The Labute approximate surface area is 167 Å². The van der Waals surface area contributed by atoms with Crippen LogP contribution >= 0.6 is 22.9 Å². The van der Waals surface area contributed by atoms with Gasteiger partial charge >= 0.3 is 0 Å². The number of carbonyl (C=O) groups is 1. The highest BCUT2D eigenvalue weighted by molar-refractivity contribution is 7.22. The van der Waals surface area contributed by atoms with Crippen molar-refractivity contribution in [2.24, 2.45) is 0 Å². The van der Waals surface area contributed by atoms with E-state index in [0.717, 1.165) is 23.7 Å². The summed E-state index contributed by atoms with van der Waals surface area (Å²) < 4.78 is 6.52. The molecule has 2 heterocycles. The summed E-state index contributed by atoms with van der Waals surface area (Å²) in [6.45, 7) is 4.88. The molecule has 1 amide bonds. The summed E-state index contributed by atoms with van der Waals surface area (Å²) >= 11 is 7.78. The van der Waals surface area contributed by atoms with Gasteiger partial charge in [0.2, 0.25) is 0 Å². The fourth-order valence-electron chi connectivity index (χ4n) is 3.33. The predicted molar refractivity (Wildman–Crippen MR) is 110 cm³/mol. The Hall–Kier alpha value is -2.31. The largest absolute Gasteiger partial charge is 0.496 e. The van der Waals surface area contributed by atoms with Crippen molar-refractivity contribution in [2.45, 2.75) is 6.92 Å². The molecule has 0 spiro atoms. The number of benzene rings is 2. The van der Waals surface area contributed by atoms with Crippen LogP contribution in [-0.4, -0.2) is 49.1 Å². The molecule has 140 valence electrons. The van der Waals surface area contributed by atoms with Gasteiger partial charge in [0.05, 0.1) is 22.9 Å². The van der Waals surface area contributed by atoms with Crippen molar-refractivity contribution in [1.29, 1.82) is 0 Å². The third-order valence-corrected chi connectivity index (χ3v) is 6.16. The Morgan fingerprint density at radius 3 is 2.67 bits per heavy atom. The first kappa shape index (κ1) is 18.1. The van der Waals surface area contributed by atoms with Crippen LogP contribution in [-0.2, 0) is 0 Å². The zero-order chi connectivity index (χ0) is 19.0. The van der Waals surface area contributed by atoms with E-state index in [1.54, 1.807) is 36.6 Å². The highest BCUT2D eigenvalue weighted by Gasteiger charge is 2.26. The highest BCUT2D eigenvalue weighted by atomic mass is 35.5. The molecule has 1 aromatic heterocycles. The van der Waals surface area contributed by atoms with Gasteiger partial charge in [0.15, 0.2) is 5.13 Å². The van der Waals surface area contributed by atoms with Crippen LogP contribution < -0.4 is 9.64 Å². The molecule has 0 bridgehead atoms. The molecule has 4 rings (SSSR count). The van der Waals surface area contributed by atoms with Gasteiger partial charge in [0.25, 0.3) is 5.91 Å². The van der Waals surface area contributed by atoms with Crippen molar-refractivity contribution < 1.29 is 9.53 Å². The summed E-state index contributed by atoms with van der Waals surface area (Å²) in [6.07, 6.45) is 0. The van der Waals surface area contributed by atoms with Crippen LogP contribution in [0.1, 0.15) is 15.9 Å². The number of aromatic nitrogens is 1. The van der Waals surface area contributed by atoms with Crippen LogP contribution in [0.5, 0.6) is 5.75 Å². The average molecular weight is 402 g/mol. The fraction of sp³-hybridized carbons (Fsp3) is 0.300. The lowest BCUT2D eigenvalue weighted by atomic mass is 10.1. The van der Waals surface area contributed by atoms with E-state index in [-0.39, 0.29) is 5.91 Å². The Bertz CT molecular complexity index is 996. The first-order chi connectivity index (χ1) is 13.1. The Balaban J connectivity index is 1.49. The number of methoxy groups -OCH3 is 1. The summed E-state index contributed by atoms with van der Waals surface area (Å²) in [5, 5.41) is 1.55. The highest BCUT2D eigenvalue weighted by Crippen LogP contribution is 2.31. The molecule has 2 aromatic carbocycles. The van der Waals surface area contributed by atoms with Crippen LogP contribution in [0.3, 0.4) is 0 Å². The molecular formula is C20H20ClN3O2S. The molecule has 0 radical (unpaired) electrons. The molecule has 0 unspecified atom stereocenters. The maximum absolute atomic E-state index is 12.9. The van der Waals surface area contributed by atoms with Crippen molar-refractivity contribution in [2.75, 3.05) is 38.2 Å². The molecule has 1 saturated heterocycles. The van der Waals surface area contributed by atoms with E-state index in [1.807, 2.05) is 4.90 Å². The molecule has 7 heteroatoms. The first-order valence-corrected chi connectivity index (χ1v) is 10.00. The van der Waals surface area contributed by atoms with E-state index in [4.69, 9.17) is 21.3 Å². The number of nitrogens with zero attached hydrogens (tertiary/aromatic N) is 3. The second kappa shape index (κ2) is 7.37. The van der Waals surface area contributed by atoms with Gasteiger partial charge in [0, 0.05) is 31.2 Å².